The van der Waals surface area contributed by atoms with E-state index in [1.165, 1.54) is 38.3 Å². The number of amides is 2. The van der Waals surface area contributed by atoms with Gasteiger partial charge in [-0.1, -0.05) is 0 Å². The Morgan fingerprint density at radius 2 is 1.67 bits per heavy atom. The van der Waals surface area contributed by atoms with Gasteiger partial charge in [-0.15, -0.1) is 0 Å². The second kappa shape index (κ2) is 8.70. The lowest BCUT2D eigenvalue weighted by molar-refractivity contribution is -0.114. The van der Waals surface area contributed by atoms with Gasteiger partial charge in [0.05, 0.1) is 18.4 Å². The van der Waals surface area contributed by atoms with Gasteiger partial charge in [0.2, 0.25) is 5.91 Å². The molecule has 2 rings (SSSR count). The zero-order chi connectivity index (χ0) is 20.0. The molecule has 0 saturated heterocycles. The molecule has 0 aliphatic carbocycles. The Morgan fingerprint density at radius 1 is 1.00 bits per heavy atom. The third kappa shape index (κ3) is 5.46. The molecule has 0 aromatic heterocycles. The fourth-order valence-electron chi connectivity index (χ4n) is 2.06. The van der Waals surface area contributed by atoms with E-state index in [2.05, 4.69) is 15.4 Å². The molecule has 0 radical (unpaired) electrons. The van der Waals surface area contributed by atoms with E-state index >= 15 is 0 Å². The summed E-state index contributed by atoms with van der Waals surface area (Å²) in [6.45, 7) is 1.39. The monoisotopic (exact) mass is 374 g/mol. The number of carbonyl (C=O) groups excluding carboxylic acids is 3. The predicted molar refractivity (Wildman–Crippen MR) is 95.2 cm³/mol. The Morgan fingerprint density at radius 3 is 2.30 bits per heavy atom. The Bertz CT molecular complexity index is 908. The van der Waals surface area contributed by atoms with Gasteiger partial charge in [-0.05, 0) is 43.3 Å². The number of esters is 1. The van der Waals surface area contributed by atoms with E-state index in [-0.39, 0.29) is 11.3 Å². The summed E-state index contributed by atoms with van der Waals surface area (Å²) in [6.07, 6.45) is 0.961. The van der Waals surface area contributed by atoms with Crippen molar-refractivity contribution in [3.05, 3.63) is 71.3 Å². The molecule has 6 nitrogen and oxygen atoms in total. The number of anilines is 2. The minimum atomic E-state index is -0.800. The Kier molecular flexibility index (Phi) is 6.37. The largest absolute Gasteiger partial charge is 0.465 e. The van der Waals surface area contributed by atoms with Crippen LogP contribution in [-0.4, -0.2) is 24.9 Å². The second-order valence-corrected chi connectivity index (χ2v) is 5.46. The topological polar surface area (TPSA) is 84.5 Å². The summed E-state index contributed by atoms with van der Waals surface area (Å²) in [5, 5.41) is 4.71. The molecule has 0 atom stereocenters. The Balaban J connectivity index is 2.02. The van der Waals surface area contributed by atoms with Crippen LogP contribution < -0.4 is 10.6 Å². The maximum absolute atomic E-state index is 13.5. The molecule has 8 heteroatoms. The molecule has 0 saturated carbocycles. The Labute approximate surface area is 153 Å². The van der Waals surface area contributed by atoms with Crippen molar-refractivity contribution in [2.24, 2.45) is 0 Å². The molecule has 0 spiro atoms. The van der Waals surface area contributed by atoms with Crippen molar-refractivity contribution < 1.29 is 27.9 Å². The van der Waals surface area contributed by atoms with E-state index in [0.717, 1.165) is 24.3 Å². The van der Waals surface area contributed by atoms with Crippen LogP contribution in [0.4, 0.5) is 20.2 Å². The highest BCUT2D eigenvalue weighted by atomic mass is 19.1. The van der Waals surface area contributed by atoms with E-state index < -0.39 is 29.4 Å². The van der Waals surface area contributed by atoms with Crippen LogP contribution in [0.2, 0.25) is 0 Å². The summed E-state index contributed by atoms with van der Waals surface area (Å²) < 4.78 is 31.2. The van der Waals surface area contributed by atoms with Crippen molar-refractivity contribution in [3.63, 3.8) is 0 Å². The van der Waals surface area contributed by atoms with Gasteiger partial charge in [-0.3, -0.25) is 9.59 Å². The molecule has 2 aromatic carbocycles. The van der Waals surface area contributed by atoms with Crippen LogP contribution in [0.3, 0.4) is 0 Å². The number of hydrogen-bond donors (Lipinski definition) is 2. The highest BCUT2D eigenvalue weighted by molar-refractivity contribution is 6.10. The highest BCUT2D eigenvalue weighted by Gasteiger charge is 2.11. The average Bonchev–Trinajstić information content (AvgIpc) is 2.64. The average molecular weight is 374 g/mol. The summed E-state index contributed by atoms with van der Waals surface area (Å²) in [4.78, 5) is 35.4. The quantitative estimate of drug-likeness (QED) is 0.621. The molecule has 27 heavy (non-hydrogen) atoms. The molecular formula is C19H16F2N2O4. The van der Waals surface area contributed by atoms with Crippen LogP contribution in [0.5, 0.6) is 0 Å². The van der Waals surface area contributed by atoms with Gasteiger partial charge >= 0.3 is 5.97 Å². The lowest BCUT2D eigenvalue weighted by Gasteiger charge is -2.07. The molecule has 2 amide bonds. The first-order chi connectivity index (χ1) is 12.8. The minimum Gasteiger partial charge on any atom is -0.465 e. The van der Waals surface area contributed by atoms with Crippen molar-refractivity contribution in [2.75, 3.05) is 17.7 Å². The standard InChI is InChI=1S/C19H16F2N2O4/c1-11(9-17(24)23-16-10-13(20)5-8-15(16)21)18(25)22-14-6-3-12(4-7-14)19(26)27-2/h3-10H,1-2H3,(H,22,25)(H,23,24)/b11-9+. The van der Waals surface area contributed by atoms with E-state index in [1.807, 2.05) is 0 Å². The van der Waals surface area contributed by atoms with Gasteiger partial charge in [-0.2, -0.15) is 0 Å². The van der Waals surface area contributed by atoms with Crippen LogP contribution in [0.15, 0.2) is 54.1 Å². The summed E-state index contributed by atoms with van der Waals surface area (Å²) in [5.41, 5.74) is 0.431. The third-order valence-corrected chi connectivity index (χ3v) is 3.46. The van der Waals surface area contributed by atoms with E-state index in [4.69, 9.17) is 0 Å². The molecule has 0 unspecified atom stereocenters. The van der Waals surface area contributed by atoms with Crippen molar-refractivity contribution >= 4 is 29.2 Å². The zero-order valence-electron chi connectivity index (χ0n) is 14.5. The van der Waals surface area contributed by atoms with Crippen LogP contribution >= 0.6 is 0 Å². The predicted octanol–water partition coefficient (Wildman–Crippen LogP) is 3.27. The molecule has 0 heterocycles. The number of methoxy groups -OCH3 is 1. The summed E-state index contributed by atoms with van der Waals surface area (Å²) in [6, 6.07) is 8.58. The normalized spacial score (nSPS) is 10.9. The maximum Gasteiger partial charge on any atom is 0.337 e. The first-order valence-electron chi connectivity index (χ1n) is 7.74. The number of hydrogen-bond acceptors (Lipinski definition) is 4. The van der Waals surface area contributed by atoms with Crippen molar-refractivity contribution in [1.82, 2.24) is 0 Å². The minimum absolute atomic E-state index is 0.0429. The lowest BCUT2D eigenvalue weighted by atomic mass is 10.2. The van der Waals surface area contributed by atoms with E-state index in [9.17, 15) is 23.2 Å². The van der Waals surface area contributed by atoms with E-state index in [0.29, 0.717) is 11.3 Å². The van der Waals surface area contributed by atoms with Gasteiger partial charge in [0, 0.05) is 23.4 Å². The van der Waals surface area contributed by atoms with Gasteiger partial charge in [0.15, 0.2) is 0 Å². The van der Waals surface area contributed by atoms with Gasteiger partial charge in [0.25, 0.3) is 5.91 Å². The fourth-order valence-corrected chi connectivity index (χ4v) is 2.06. The zero-order valence-corrected chi connectivity index (χ0v) is 14.5. The van der Waals surface area contributed by atoms with Gasteiger partial charge in [0.1, 0.15) is 11.6 Å². The molecule has 0 aliphatic rings. The number of halogens is 2. The molecule has 0 fully saturated rings. The number of carbonyl (C=O) groups is 3. The first kappa shape index (κ1) is 19.8. The van der Waals surface area contributed by atoms with Crippen LogP contribution in [0.1, 0.15) is 17.3 Å². The van der Waals surface area contributed by atoms with E-state index in [1.54, 1.807) is 0 Å². The lowest BCUT2D eigenvalue weighted by Crippen LogP contribution is -2.16. The Hall–Kier alpha value is -3.55. The molecular weight excluding hydrogens is 358 g/mol. The summed E-state index contributed by atoms with van der Waals surface area (Å²) >= 11 is 0. The van der Waals surface area contributed by atoms with Crippen LogP contribution in [0.25, 0.3) is 0 Å². The number of rotatable bonds is 5. The van der Waals surface area contributed by atoms with Crippen molar-refractivity contribution in [3.8, 4) is 0 Å². The SMILES string of the molecule is COC(=O)c1ccc(NC(=O)/C(C)=C/C(=O)Nc2cc(F)ccc2F)cc1. The van der Waals surface area contributed by atoms with Crippen LogP contribution in [0, 0.1) is 11.6 Å². The molecule has 2 aromatic rings. The number of benzene rings is 2. The molecule has 2 N–H and O–H groups in total. The van der Waals surface area contributed by atoms with Crippen molar-refractivity contribution in [1.29, 1.82) is 0 Å². The molecule has 0 aliphatic heterocycles. The smallest absolute Gasteiger partial charge is 0.337 e. The van der Waals surface area contributed by atoms with Crippen LogP contribution in [-0.2, 0) is 14.3 Å². The molecule has 0 bridgehead atoms. The highest BCUT2D eigenvalue weighted by Crippen LogP contribution is 2.16. The summed E-state index contributed by atoms with van der Waals surface area (Å²) in [5.74, 6) is -3.37. The molecule has 140 valence electrons. The second-order valence-electron chi connectivity index (χ2n) is 5.46. The number of nitrogens with one attached hydrogen (secondary N) is 2. The maximum atomic E-state index is 13.5. The fraction of sp³-hybridized carbons (Fsp3) is 0.105. The van der Waals surface area contributed by atoms with Crippen molar-refractivity contribution in [2.45, 2.75) is 6.92 Å². The third-order valence-electron chi connectivity index (χ3n) is 3.46. The number of ether oxygens (including phenoxy) is 1. The van der Waals surface area contributed by atoms with Gasteiger partial charge < -0.3 is 15.4 Å². The summed E-state index contributed by atoms with van der Waals surface area (Å²) in [7, 11) is 1.26. The first-order valence-corrected chi connectivity index (χ1v) is 7.74. The van der Waals surface area contributed by atoms with Gasteiger partial charge in [-0.25, -0.2) is 13.6 Å².